The molecule has 2 N–H and O–H groups in total. The van der Waals surface area contributed by atoms with Crippen molar-refractivity contribution in [1.82, 2.24) is 9.80 Å². The minimum absolute atomic E-state index is 0.549. The zero-order chi connectivity index (χ0) is 13.8. The third-order valence-corrected chi connectivity index (χ3v) is 3.94. The molecule has 0 saturated carbocycles. The maximum Gasteiger partial charge on any atom is 0.488 e. The van der Waals surface area contributed by atoms with E-state index in [1.54, 1.807) is 12.1 Å². The van der Waals surface area contributed by atoms with Crippen molar-refractivity contribution in [2.24, 2.45) is 0 Å². The minimum atomic E-state index is -1.37. The highest BCUT2D eigenvalue weighted by atomic mass is 16.4. The summed E-state index contributed by atoms with van der Waals surface area (Å²) >= 11 is 0. The van der Waals surface area contributed by atoms with Gasteiger partial charge in [-0.2, -0.15) is 0 Å². The molecule has 1 atom stereocenters. The van der Waals surface area contributed by atoms with Gasteiger partial charge >= 0.3 is 7.12 Å². The molecule has 1 saturated heterocycles. The Morgan fingerprint density at radius 2 is 1.89 bits per heavy atom. The summed E-state index contributed by atoms with van der Waals surface area (Å²) in [6.07, 6.45) is 0. The molecule has 0 aliphatic carbocycles. The smallest absolute Gasteiger partial charge is 0.423 e. The Bertz CT molecular complexity index is 397. The molecule has 0 bridgehead atoms. The second kappa shape index (κ2) is 6.52. The second-order valence-corrected chi connectivity index (χ2v) is 5.33. The van der Waals surface area contributed by atoms with Gasteiger partial charge in [0.05, 0.1) is 0 Å². The maximum absolute atomic E-state index is 9.07. The van der Waals surface area contributed by atoms with Gasteiger partial charge in [0.25, 0.3) is 0 Å². The first-order valence-electron chi connectivity index (χ1n) is 7.01. The minimum Gasteiger partial charge on any atom is -0.423 e. The van der Waals surface area contributed by atoms with E-state index in [9.17, 15) is 0 Å². The van der Waals surface area contributed by atoms with Crippen LogP contribution in [0.15, 0.2) is 24.3 Å². The zero-order valence-corrected chi connectivity index (χ0v) is 11.8. The predicted molar refractivity (Wildman–Crippen MR) is 78.3 cm³/mol. The van der Waals surface area contributed by atoms with Crippen LogP contribution in [0.3, 0.4) is 0 Å². The van der Waals surface area contributed by atoms with E-state index in [1.807, 2.05) is 12.1 Å². The largest absolute Gasteiger partial charge is 0.488 e. The number of piperazine rings is 1. The van der Waals surface area contributed by atoms with Crippen LogP contribution in [0.2, 0.25) is 0 Å². The van der Waals surface area contributed by atoms with E-state index in [4.69, 9.17) is 10.0 Å². The number of hydrogen-bond donors (Lipinski definition) is 2. The highest BCUT2D eigenvalue weighted by Gasteiger charge is 2.22. The molecule has 1 aromatic rings. The van der Waals surface area contributed by atoms with Crippen LogP contribution in [-0.2, 0) is 6.54 Å². The summed E-state index contributed by atoms with van der Waals surface area (Å²) in [7, 11) is -1.37. The molecule has 1 heterocycles. The number of rotatable bonds is 4. The van der Waals surface area contributed by atoms with Crippen LogP contribution in [-0.4, -0.2) is 59.2 Å². The summed E-state index contributed by atoms with van der Waals surface area (Å²) in [6.45, 7) is 9.87. The first-order chi connectivity index (χ1) is 9.10. The molecule has 104 valence electrons. The molecule has 5 heteroatoms. The lowest BCUT2D eigenvalue weighted by atomic mass is 9.80. The molecule has 0 spiro atoms. The van der Waals surface area contributed by atoms with Crippen LogP contribution >= 0.6 is 0 Å². The van der Waals surface area contributed by atoms with Gasteiger partial charge in [-0.15, -0.1) is 0 Å². The Morgan fingerprint density at radius 1 is 1.21 bits per heavy atom. The Balaban J connectivity index is 1.91. The van der Waals surface area contributed by atoms with Gasteiger partial charge < -0.3 is 10.0 Å². The van der Waals surface area contributed by atoms with Gasteiger partial charge in [-0.05, 0) is 24.5 Å². The molecular formula is C14H23BN2O2. The van der Waals surface area contributed by atoms with E-state index in [0.717, 1.165) is 32.7 Å². The molecule has 0 radical (unpaired) electrons. The van der Waals surface area contributed by atoms with Crippen LogP contribution in [0.5, 0.6) is 0 Å². The molecule has 1 aromatic carbocycles. The summed E-state index contributed by atoms with van der Waals surface area (Å²) in [5, 5.41) is 18.1. The molecule has 2 rings (SSSR count). The van der Waals surface area contributed by atoms with Crippen molar-refractivity contribution in [2.75, 3.05) is 26.2 Å². The molecule has 0 aromatic heterocycles. The average Bonchev–Trinajstić information content (AvgIpc) is 2.39. The molecule has 0 amide bonds. The van der Waals surface area contributed by atoms with E-state index in [0.29, 0.717) is 11.5 Å². The average molecular weight is 262 g/mol. The summed E-state index contributed by atoms with van der Waals surface area (Å²) in [4.78, 5) is 4.96. The standard InChI is InChI=1S/C14H23BN2O2/c1-3-17-9-8-16(10-12(17)2)11-13-4-6-14(7-5-13)15(18)19/h4-7,12,18-19H,3,8-11H2,1-2H3. The molecule has 1 aliphatic rings. The first kappa shape index (κ1) is 14.5. The first-order valence-corrected chi connectivity index (χ1v) is 7.01. The number of hydrogen-bond acceptors (Lipinski definition) is 4. The van der Waals surface area contributed by atoms with Crippen molar-refractivity contribution in [2.45, 2.75) is 26.4 Å². The van der Waals surface area contributed by atoms with E-state index in [2.05, 4.69) is 23.6 Å². The van der Waals surface area contributed by atoms with Crippen LogP contribution in [0.1, 0.15) is 19.4 Å². The quantitative estimate of drug-likeness (QED) is 0.743. The number of benzene rings is 1. The lowest BCUT2D eigenvalue weighted by Crippen LogP contribution is -2.51. The van der Waals surface area contributed by atoms with E-state index < -0.39 is 7.12 Å². The van der Waals surface area contributed by atoms with Crippen LogP contribution in [0.4, 0.5) is 0 Å². The lowest BCUT2D eigenvalue weighted by Gasteiger charge is -2.39. The maximum atomic E-state index is 9.07. The number of likely N-dealkylation sites (N-methyl/N-ethyl adjacent to an activating group) is 1. The van der Waals surface area contributed by atoms with E-state index in [-0.39, 0.29) is 0 Å². The summed E-state index contributed by atoms with van der Waals surface area (Å²) in [6, 6.07) is 8.13. The Kier molecular flexibility index (Phi) is 4.99. The van der Waals surface area contributed by atoms with Crippen LogP contribution < -0.4 is 5.46 Å². The Hall–Kier alpha value is -0.875. The van der Waals surface area contributed by atoms with Gasteiger partial charge in [-0.3, -0.25) is 9.80 Å². The summed E-state index contributed by atoms with van der Waals surface area (Å²) in [5.41, 5.74) is 1.77. The Labute approximate surface area is 115 Å². The molecule has 1 unspecified atom stereocenters. The van der Waals surface area contributed by atoms with Crippen molar-refractivity contribution < 1.29 is 10.0 Å². The van der Waals surface area contributed by atoms with Crippen LogP contribution in [0, 0.1) is 0 Å². The molecule has 4 nitrogen and oxygen atoms in total. The highest BCUT2D eigenvalue weighted by molar-refractivity contribution is 6.58. The third-order valence-electron chi connectivity index (χ3n) is 3.94. The van der Waals surface area contributed by atoms with Gasteiger partial charge in [0.15, 0.2) is 0 Å². The van der Waals surface area contributed by atoms with E-state index >= 15 is 0 Å². The topological polar surface area (TPSA) is 46.9 Å². The van der Waals surface area contributed by atoms with Gasteiger partial charge in [-0.1, -0.05) is 31.2 Å². The highest BCUT2D eigenvalue weighted by Crippen LogP contribution is 2.12. The van der Waals surface area contributed by atoms with Gasteiger partial charge in [0, 0.05) is 32.2 Å². The monoisotopic (exact) mass is 262 g/mol. The SMILES string of the molecule is CCN1CCN(Cc2ccc(B(O)O)cc2)CC1C. The van der Waals surface area contributed by atoms with Crippen molar-refractivity contribution >= 4 is 12.6 Å². The number of nitrogens with zero attached hydrogens (tertiary/aromatic N) is 2. The Morgan fingerprint density at radius 3 is 2.42 bits per heavy atom. The molecule has 1 fully saturated rings. The molecular weight excluding hydrogens is 239 g/mol. The van der Waals surface area contributed by atoms with E-state index in [1.165, 1.54) is 5.56 Å². The van der Waals surface area contributed by atoms with Crippen molar-refractivity contribution in [3.05, 3.63) is 29.8 Å². The lowest BCUT2D eigenvalue weighted by molar-refractivity contribution is 0.0834. The van der Waals surface area contributed by atoms with Gasteiger partial charge in [-0.25, -0.2) is 0 Å². The fourth-order valence-corrected chi connectivity index (χ4v) is 2.74. The summed E-state index contributed by atoms with van der Waals surface area (Å²) < 4.78 is 0. The second-order valence-electron chi connectivity index (χ2n) is 5.33. The normalized spacial score (nSPS) is 21.6. The van der Waals surface area contributed by atoms with Crippen molar-refractivity contribution in [3.8, 4) is 0 Å². The molecule has 19 heavy (non-hydrogen) atoms. The fourth-order valence-electron chi connectivity index (χ4n) is 2.74. The third kappa shape index (κ3) is 3.80. The van der Waals surface area contributed by atoms with Crippen molar-refractivity contribution in [1.29, 1.82) is 0 Å². The predicted octanol–water partition coefficient (Wildman–Crippen LogP) is -0.108. The zero-order valence-electron chi connectivity index (χ0n) is 11.8. The van der Waals surface area contributed by atoms with Crippen molar-refractivity contribution in [3.63, 3.8) is 0 Å². The van der Waals surface area contributed by atoms with Crippen LogP contribution in [0.25, 0.3) is 0 Å². The molecule has 1 aliphatic heterocycles. The van der Waals surface area contributed by atoms with Gasteiger partial charge in [0.1, 0.15) is 0 Å². The van der Waals surface area contributed by atoms with Gasteiger partial charge in [0.2, 0.25) is 0 Å². The fraction of sp³-hybridized carbons (Fsp3) is 0.571. The summed E-state index contributed by atoms with van der Waals surface area (Å²) in [5.74, 6) is 0.